The van der Waals surface area contributed by atoms with Crippen LogP contribution in [0, 0.1) is 5.92 Å². The van der Waals surface area contributed by atoms with E-state index in [1.165, 1.54) is 19.3 Å². The third-order valence-corrected chi connectivity index (χ3v) is 4.52. The van der Waals surface area contributed by atoms with Crippen LogP contribution in [-0.4, -0.2) is 58.7 Å². The van der Waals surface area contributed by atoms with Crippen molar-refractivity contribution in [2.75, 3.05) is 13.2 Å². The second kappa shape index (κ2) is 7.36. The Morgan fingerprint density at radius 3 is 2.35 bits per heavy atom. The van der Waals surface area contributed by atoms with Gasteiger partial charge in [0, 0.05) is 13.0 Å². The summed E-state index contributed by atoms with van der Waals surface area (Å²) in [5.74, 6) is 0.494. The molecular weight excluding hydrogens is 260 g/mol. The number of hydrogen-bond donors (Lipinski definition) is 5. The fraction of sp³-hybridized carbons (Fsp3) is 0.929. The van der Waals surface area contributed by atoms with Gasteiger partial charge in [-0.1, -0.05) is 19.3 Å². The van der Waals surface area contributed by atoms with Crippen molar-refractivity contribution in [2.24, 2.45) is 5.92 Å². The lowest BCUT2D eigenvalue weighted by molar-refractivity contribution is -0.122. The van der Waals surface area contributed by atoms with Gasteiger partial charge in [-0.3, -0.25) is 4.79 Å². The fourth-order valence-corrected chi connectivity index (χ4v) is 3.24. The van der Waals surface area contributed by atoms with Crippen molar-refractivity contribution in [3.8, 4) is 0 Å². The minimum Gasteiger partial charge on any atom is -0.395 e. The number of amides is 1. The first-order chi connectivity index (χ1) is 9.61. The molecule has 116 valence electrons. The van der Waals surface area contributed by atoms with E-state index in [9.17, 15) is 15.0 Å². The van der Waals surface area contributed by atoms with Crippen LogP contribution in [0.3, 0.4) is 0 Å². The molecule has 4 atom stereocenters. The van der Waals surface area contributed by atoms with E-state index in [2.05, 4.69) is 10.6 Å². The highest BCUT2D eigenvalue weighted by Gasteiger charge is 2.40. The standard InChI is InChI=1S/C14H26N2O4/c17-8-11-14(20)13(19)10(16-11)7-15-12(18)6-9-4-2-1-3-5-9/h9-11,13-14,16-17,19-20H,1-8H2,(H,15,18)/t10-,11+,13+,14-/m0/s1. The van der Waals surface area contributed by atoms with Gasteiger partial charge in [0.05, 0.1) is 30.9 Å². The predicted molar refractivity (Wildman–Crippen MR) is 74.0 cm³/mol. The molecular formula is C14H26N2O4. The molecule has 6 nitrogen and oxygen atoms in total. The third-order valence-electron chi connectivity index (χ3n) is 4.52. The molecule has 0 aromatic carbocycles. The number of rotatable bonds is 5. The minimum atomic E-state index is -0.986. The average molecular weight is 286 g/mol. The molecule has 20 heavy (non-hydrogen) atoms. The monoisotopic (exact) mass is 286 g/mol. The maximum atomic E-state index is 11.9. The summed E-state index contributed by atoms with van der Waals surface area (Å²) in [4.78, 5) is 11.9. The Morgan fingerprint density at radius 1 is 1.10 bits per heavy atom. The lowest BCUT2D eigenvalue weighted by Gasteiger charge is -2.22. The zero-order valence-electron chi connectivity index (χ0n) is 11.8. The Morgan fingerprint density at radius 2 is 1.75 bits per heavy atom. The van der Waals surface area contributed by atoms with Crippen molar-refractivity contribution >= 4 is 5.91 Å². The van der Waals surface area contributed by atoms with Gasteiger partial charge in [0.2, 0.25) is 5.91 Å². The first-order valence-electron chi connectivity index (χ1n) is 7.61. The van der Waals surface area contributed by atoms with Crippen molar-refractivity contribution < 1.29 is 20.1 Å². The number of aliphatic hydroxyl groups excluding tert-OH is 3. The van der Waals surface area contributed by atoms with Gasteiger partial charge in [-0.15, -0.1) is 0 Å². The molecule has 5 N–H and O–H groups in total. The largest absolute Gasteiger partial charge is 0.395 e. The molecule has 2 rings (SSSR count). The summed E-state index contributed by atoms with van der Waals surface area (Å²) in [5.41, 5.74) is 0. The summed E-state index contributed by atoms with van der Waals surface area (Å²) < 4.78 is 0. The lowest BCUT2D eigenvalue weighted by Crippen LogP contribution is -2.44. The van der Waals surface area contributed by atoms with Crippen molar-refractivity contribution in [2.45, 2.75) is 62.8 Å². The van der Waals surface area contributed by atoms with Gasteiger partial charge in [-0.2, -0.15) is 0 Å². The van der Waals surface area contributed by atoms with Crippen LogP contribution in [0.4, 0.5) is 0 Å². The van der Waals surface area contributed by atoms with Crippen LogP contribution < -0.4 is 10.6 Å². The quantitative estimate of drug-likeness (QED) is 0.452. The molecule has 0 aromatic rings. The van der Waals surface area contributed by atoms with Crippen LogP contribution in [0.15, 0.2) is 0 Å². The van der Waals surface area contributed by atoms with Gasteiger partial charge in [-0.25, -0.2) is 0 Å². The topological polar surface area (TPSA) is 102 Å². The molecule has 1 heterocycles. The maximum Gasteiger partial charge on any atom is 0.220 e. The van der Waals surface area contributed by atoms with Gasteiger partial charge < -0.3 is 26.0 Å². The van der Waals surface area contributed by atoms with Crippen LogP contribution >= 0.6 is 0 Å². The second-order valence-electron chi connectivity index (χ2n) is 6.06. The predicted octanol–water partition coefficient (Wildman–Crippen LogP) is -0.872. The third kappa shape index (κ3) is 3.91. The molecule has 1 saturated heterocycles. The molecule has 0 bridgehead atoms. The first-order valence-corrected chi connectivity index (χ1v) is 7.61. The van der Waals surface area contributed by atoms with Crippen molar-refractivity contribution in [1.82, 2.24) is 10.6 Å². The van der Waals surface area contributed by atoms with Gasteiger partial charge >= 0.3 is 0 Å². The Hall–Kier alpha value is -0.690. The zero-order valence-corrected chi connectivity index (χ0v) is 11.8. The van der Waals surface area contributed by atoms with E-state index < -0.39 is 24.3 Å². The van der Waals surface area contributed by atoms with Crippen LogP contribution in [-0.2, 0) is 4.79 Å². The number of nitrogens with one attached hydrogen (secondary N) is 2. The SMILES string of the molecule is O=C(CC1CCCCC1)NC[C@@H]1N[C@H](CO)[C@H](O)[C@@H]1O. The normalized spacial score (nSPS) is 35.1. The van der Waals surface area contributed by atoms with Crippen molar-refractivity contribution in [3.05, 3.63) is 0 Å². The fourth-order valence-electron chi connectivity index (χ4n) is 3.24. The van der Waals surface area contributed by atoms with Crippen LogP contribution in [0.2, 0.25) is 0 Å². The second-order valence-corrected chi connectivity index (χ2v) is 6.06. The molecule has 1 aliphatic heterocycles. The van der Waals surface area contributed by atoms with Crippen LogP contribution in [0.5, 0.6) is 0 Å². The van der Waals surface area contributed by atoms with E-state index in [1.807, 2.05) is 0 Å². The zero-order chi connectivity index (χ0) is 14.5. The van der Waals surface area contributed by atoms with Crippen LogP contribution in [0.1, 0.15) is 38.5 Å². The molecule has 1 aliphatic carbocycles. The molecule has 0 spiro atoms. The summed E-state index contributed by atoms with van der Waals surface area (Å²) in [6.45, 7) is 0.0467. The molecule has 1 amide bonds. The summed E-state index contributed by atoms with van der Waals surface area (Å²) in [6.07, 6.45) is 4.57. The Labute approximate surface area is 119 Å². The Balaban J connectivity index is 1.70. The lowest BCUT2D eigenvalue weighted by atomic mass is 9.87. The number of carbonyl (C=O) groups is 1. The Kier molecular flexibility index (Phi) is 5.77. The summed E-state index contributed by atoms with van der Waals surface area (Å²) in [7, 11) is 0. The molecule has 0 aromatic heterocycles. The average Bonchev–Trinajstić information content (AvgIpc) is 2.73. The first kappa shape index (κ1) is 15.7. The molecule has 2 aliphatic rings. The summed E-state index contributed by atoms with van der Waals surface area (Å²) in [5, 5.41) is 34.3. The van der Waals surface area contributed by atoms with E-state index in [0.29, 0.717) is 12.3 Å². The highest BCUT2D eigenvalue weighted by Crippen LogP contribution is 2.26. The summed E-state index contributed by atoms with van der Waals surface area (Å²) in [6, 6.07) is -0.928. The van der Waals surface area contributed by atoms with E-state index in [1.54, 1.807) is 0 Å². The highest BCUT2D eigenvalue weighted by molar-refractivity contribution is 5.76. The van der Waals surface area contributed by atoms with E-state index in [4.69, 9.17) is 5.11 Å². The molecule has 0 unspecified atom stereocenters. The molecule has 2 fully saturated rings. The van der Waals surface area contributed by atoms with E-state index >= 15 is 0 Å². The summed E-state index contributed by atoms with van der Waals surface area (Å²) >= 11 is 0. The molecule has 6 heteroatoms. The minimum absolute atomic E-state index is 0.00726. The van der Waals surface area contributed by atoms with Gasteiger partial charge in [0.1, 0.15) is 0 Å². The Bertz CT molecular complexity index is 320. The van der Waals surface area contributed by atoms with Gasteiger partial charge in [-0.05, 0) is 18.8 Å². The maximum absolute atomic E-state index is 11.9. The van der Waals surface area contributed by atoms with Gasteiger partial charge in [0.15, 0.2) is 0 Å². The smallest absolute Gasteiger partial charge is 0.220 e. The van der Waals surface area contributed by atoms with E-state index in [0.717, 1.165) is 12.8 Å². The highest BCUT2D eigenvalue weighted by atomic mass is 16.3. The molecule has 1 saturated carbocycles. The molecule has 0 radical (unpaired) electrons. The number of aliphatic hydroxyl groups is 3. The van der Waals surface area contributed by atoms with E-state index in [-0.39, 0.29) is 19.1 Å². The van der Waals surface area contributed by atoms with Crippen LogP contribution in [0.25, 0.3) is 0 Å². The van der Waals surface area contributed by atoms with Crippen molar-refractivity contribution in [1.29, 1.82) is 0 Å². The number of carbonyl (C=O) groups excluding carboxylic acids is 1. The number of hydrogen-bond acceptors (Lipinski definition) is 5. The van der Waals surface area contributed by atoms with Gasteiger partial charge in [0.25, 0.3) is 0 Å². The van der Waals surface area contributed by atoms with Crippen molar-refractivity contribution in [3.63, 3.8) is 0 Å².